The van der Waals surface area contributed by atoms with Crippen LogP contribution in [0.15, 0.2) is 24.3 Å². The van der Waals surface area contributed by atoms with Gasteiger partial charge in [0, 0.05) is 6.61 Å². The minimum Gasteiger partial charge on any atom is -0.491 e. The topological polar surface area (TPSA) is 42.2 Å². The minimum atomic E-state index is 0.521. The molecule has 0 radical (unpaired) electrons. The fraction of sp³-hybridized carbons (Fsp3) is 0.500. The van der Waals surface area contributed by atoms with Gasteiger partial charge in [0.2, 0.25) is 0 Å². The number of benzene rings is 1. The maximum absolute atomic E-state index is 8.73. The molecule has 0 unspecified atom stereocenters. The van der Waals surface area contributed by atoms with Crippen molar-refractivity contribution in [2.24, 2.45) is 5.92 Å². The average molecular weight is 233 g/mol. The third-order valence-corrected chi connectivity index (χ3v) is 2.30. The molecule has 1 aromatic rings. The number of rotatable bonds is 7. The molecule has 1 aromatic carbocycles. The Morgan fingerprint density at radius 1 is 1.24 bits per heavy atom. The van der Waals surface area contributed by atoms with E-state index in [4.69, 9.17) is 14.7 Å². The van der Waals surface area contributed by atoms with Gasteiger partial charge in [-0.2, -0.15) is 5.26 Å². The third-order valence-electron chi connectivity index (χ3n) is 2.30. The van der Waals surface area contributed by atoms with Gasteiger partial charge in [0.1, 0.15) is 12.4 Å². The van der Waals surface area contributed by atoms with Crippen molar-refractivity contribution >= 4 is 0 Å². The molecule has 17 heavy (non-hydrogen) atoms. The Balaban J connectivity index is 2.16. The normalized spacial score (nSPS) is 10.2. The molecule has 0 amide bonds. The highest BCUT2D eigenvalue weighted by Crippen LogP contribution is 2.12. The number of nitrogens with zero attached hydrogens (tertiary/aromatic N) is 1. The number of nitriles is 1. The van der Waals surface area contributed by atoms with E-state index in [1.165, 1.54) is 0 Å². The van der Waals surface area contributed by atoms with E-state index in [2.05, 4.69) is 19.9 Å². The molecule has 0 bridgehead atoms. The summed E-state index contributed by atoms with van der Waals surface area (Å²) in [5, 5.41) is 8.73. The Kier molecular flexibility index (Phi) is 6.13. The second-order valence-corrected chi connectivity index (χ2v) is 4.28. The first-order valence-corrected chi connectivity index (χ1v) is 5.93. The molecule has 92 valence electrons. The van der Waals surface area contributed by atoms with Crippen LogP contribution in [0.25, 0.3) is 0 Å². The second-order valence-electron chi connectivity index (χ2n) is 4.28. The fourth-order valence-corrected chi connectivity index (χ4v) is 1.29. The molecule has 0 atom stereocenters. The molecule has 3 heteroatoms. The summed E-state index contributed by atoms with van der Waals surface area (Å²) >= 11 is 0. The van der Waals surface area contributed by atoms with Gasteiger partial charge in [0.25, 0.3) is 0 Å². The Morgan fingerprint density at radius 2 is 2.06 bits per heavy atom. The first-order valence-electron chi connectivity index (χ1n) is 5.93. The molecular weight excluding hydrogens is 214 g/mol. The first-order chi connectivity index (χ1) is 8.22. The van der Waals surface area contributed by atoms with Gasteiger partial charge in [-0.25, -0.2) is 0 Å². The van der Waals surface area contributed by atoms with E-state index in [1.807, 2.05) is 12.1 Å². The van der Waals surface area contributed by atoms with Crippen LogP contribution < -0.4 is 4.74 Å². The van der Waals surface area contributed by atoms with Crippen LogP contribution in [0.4, 0.5) is 0 Å². The SMILES string of the molecule is CC(C)CCOCCOc1cccc(C#N)c1. The summed E-state index contributed by atoms with van der Waals surface area (Å²) in [7, 11) is 0. The Hall–Kier alpha value is -1.53. The van der Waals surface area contributed by atoms with Crippen molar-refractivity contribution in [2.75, 3.05) is 19.8 Å². The lowest BCUT2D eigenvalue weighted by molar-refractivity contribution is 0.0926. The summed E-state index contributed by atoms with van der Waals surface area (Å²) in [6.07, 6.45) is 1.07. The Bertz CT molecular complexity index is 369. The number of hydrogen-bond donors (Lipinski definition) is 0. The van der Waals surface area contributed by atoms with Crippen molar-refractivity contribution in [3.8, 4) is 11.8 Å². The monoisotopic (exact) mass is 233 g/mol. The number of hydrogen-bond acceptors (Lipinski definition) is 3. The van der Waals surface area contributed by atoms with Crippen LogP contribution in [-0.2, 0) is 4.74 Å². The lowest BCUT2D eigenvalue weighted by Gasteiger charge is -2.08. The molecule has 0 aromatic heterocycles. The van der Waals surface area contributed by atoms with Gasteiger partial charge in [-0.1, -0.05) is 19.9 Å². The van der Waals surface area contributed by atoms with E-state index >= 15 is 0 Å². The van der Waals surface area contributed by atoms with Crippen molar-refractivity contribution in [3.63, 3.8) is 0 Å². The standard InChI is InChI=1S/C14H19NO2/c1-12(2)6-7-16-8-9-17-14-5-3-4-13(10-14)11-15/h3-5,10,12H,6-9H2,1-2H3. The van der Waals surface area contributed by atoms with E-state index in [0.717, 1.165) is 18.8 Å². The molecule has 0 aliphatic heterocycles. The Morgan fingerprint density at radius 3 is 2.76 bits per heavy atom. The van der Waals surface area contributed by atoms with Crippen molar-refractivity contribution in [3.05, 3.63) is 29.8 Å². The quantitative estimate of drug-likeness (QED) is 0.680. The largest absolute Gasteiger partial charge is 0.491 e. The lowest BCUT2D eigenvalue weighted by Crippen LogP contribution is -2.08. The van der Waals surface area contributed by atoms with Gasteiger partial charge < -0.3 is 9.47 Å². The molecular formula is C14H19NO2. The zero-order valence-electron chi connectivity index (χ0n) is 10.5. The molecule has 0 N–H and O–H groups in total. The maximum atomic E-state index is 8.73. The van der Waals surface area contributed by atoms with Crippen molar-refractivity contribution in [1.29, 1.82) is 5.26 Å². The molecule has 0 saturated carbocycles. The summed E-state index contributed by atoms with van der Waals surface area (Å²) in [5.74, 6) is 1.39. The van der Waals surface area contributed by atoms with Crippen LogP contribution in [0.5, 0.6) is 5.75 Å². The molecule has 0 aliphatic rings. The fourth-order valence-electron chi connectivity index (χ4n) is 1.29. The van der Waals surface area contributed by atoms with Crippen LogP contribution in [0.2, 0.25) is 0 Å². The van der Waals surface area contributed by atoms with E-state index in [9.17, 15) is 0 Å². The van der Waals surface area contributed by atoms with Gasteiger partial charge in [-0.05, 0) is 30.5 Å². The molecule has 0 spiro atoms. The number of ether oxygens (including phenoxy) is 2. The lowest BCUT2D eigenvalue weighted by atomic mass is 10.1. The average Bonchev–Trinajstić information content (AvgIpc) is 2.33. The van der Waals surface area contributed by atoms with Gasteiger partial charge in [-0.15, -0.1) is 0 Å². The van der Waals surface area contributed by atoms with Crippen LogP contribution in [-0.4, -0.2) is 19.8 Å². The summed E-state index contributed by atoms with van der Waals surface area (Å²) in [6, 6.07) is 9.22. The van der Waals surface area contributed by atoms with Gasteiger partial charge in [-0.3, -0.25) is 0 Å². The summed E-state index contributed by atoms with van der Waals surface area (Å²) < 4.78 is 10.9. The highest BCUT2D eigenvalue weighted by Gasteiger charge is 1.97. The van der Waals surface area contributed by atoms with Gasteiger partial charge in [0.05, 0.1) is 18.2 Å². The van der Waals surface area contributed by atoms with Gasteiger partial charge >= 0.3 is 0 Å². The van der Waals surface area contributed by atoms with Crippen LogP contribution in [0, 0.1) is 17.2 Å². The van der Waals surface area contributed by atoms with Crippen molar-refractivity contribution in [2.45, 2.75) is 20.3 Å². The summed E-state index contributed by atoms with van der Waals surface area (Å²) in [5.41, 5.74) is 0.614. The molecule has 0 aliphatic carbocycles. The molecule has 0 fully saturated rings. The summed E-state index contributed by atoms with van der Waals surface area (Å²) in [4.78, 5) is 0. The van der Waals surface area contributed by atoms with E-state index in [0.29, 0.717) is 24.7 Å². The smallest absolute Gasteiger partial charge is 0.120 e. The minimum absolute atomic E-state index is 0.521. The Labute approximate surface area is 103 Å². The maximum Gasteiger partial charge on any atom is 0.120 e. The van der Waals surface area contributed by atoms with Crippen LogP contribution in [0.3, 0.4) is 0 Å². The molecule has 1 rings (SSSR count). The van der Waals surface area contributed by atoms with E-state index in [-0.39, 0.29) is 0 Å². The predicted molar refractivity (Wildman–Crippen MR) is 66.9 cm³/mol. The highest BCUT2D eigenvalue weighted by atomic mass is 16.5. The van der Waals surface area contributed by atoms with Crippen LogP contribution >= 0.6 is 0 Å². The third kappa shape index (κ3) is 5.94. The van der Waals surface area contributed by atoms with Crippen molar-refractivity contribution in [1.82, 2.24) is 0 Å². The van der Waals surface area contributed by atoms with E-state index < -0.39 is 0 Å². The molecule has 0 saturated heterocycles. The van der Waals surface area contributed by atoms with Crippen LogP contribution in [0.1, 0.15) is 25.8 Å². The van der Waals surface area contributed by atoms with E-state index in [1.54, 1.807) is 12.1 Å². The first kappa shape index (κ1) is 13.5. The predicted octanol–water partition coefficient (Wildman–Crippen LogP) is 3.00. The molecule has 0 heterocycles. The van der Waals surface area contributed by atoms with Gasteiger partial charge in [0.15, 0.2) is 0 Å². The summed E-state index contributed by atoms with van der Waals surface area (Å²) in [6.45, 7) is 6.23. The highest BCUT2D eigenvalue weighted by molar-refractivity contribution is 5.36. The second kappa shape index (κ2) is 7.70. The zero-order chi connectivity index (χ0) is 12.5. The zero-order valence-corrected chi connectivity index (χ0v) is 10.5. The van der Waals surface area contributed by atoms with Crippen molar-refractivity contribution < 1.29 is 9.47 Å². The molecule has 3 nitrogen and oxygen atoms in total.